The Morgan fingerprint density at radius 3 is 1.01 bits per heavy atom. The molecule has 0 aliphatic rings. The maximum absolute atomic E-state index is 11.5. The van der Waals surface area contributed by atoms with E-state index in [4.69, 9.17) is 20.4 Å². The van der Waals surface area contributed by atoms with E-state index in [0.717, 1.165) is 53.5 Å². The molecule has 10 aromatic rings. The number of likely N-dealkylation sites (N-methyl/N-ethyl adjacent to an activating group) is 1. The van der Waals surface area contributed by atoms with Crippen molar-refractivity contribution < 1.29 is 79.2 Å². The third-order valence-corrected chi connectivity index (χ3v) is 24.8. The first kappa shape index (κ1) is 129. The first-order chi connectivity index (χ1) is 67.5. The Morgan fingerprint density at radius 2 is 0.664 bits per heavy atom. The number of carbonyl (C=O) groups is 8. The summed E-state index contributed by atoms with van der Waals surface area (Å²) in [5, 5.41) is 93.0. The molecule has 0 unspecified atom stereocenters. The van der Waals surface area contributed by atoms with Gasteiger partial charge in [0.2, 0.25) is 0 Å². The number of benzene rings is 9. The number of aliphatic carboxylic acids is 8. The van der Waals surface area contributed by atoms with Crippen molar-refractivity contribution in [3.05, 3.63) is 299 Å². The summed E-state index contributed by atoms with van der Waals surface area (Å²) < 4.78 is 1.23. The lowest BCUT2D eigenvalue weighted by molar-refractivity contribution is -0.150. The second-order valence-electron chi connectivity index (χ2n) is 48.1. The van der Waals surface area contributed by atoms with Gasteiger partial charge in [0.1, 0.15) is 6.04 Å². The molecule has 9 aromatic carbocycles. The van der Waals surface area contributed by atoms with Crippen molar-refractivity contribution in [3.8, 4) is 0 Å². The number of thiophene rings is 1. The first-order valence-electron chi connectivity index (χ1n) is 51.4. The van der Waals surface area contributed by atoms with Crippen LogP contribution < -0.4 is 21.3 Å². The first-order valence-corrected chi connectivity index (χ1v) is 52.2. The van der Waals surface area contributed by atoms with Gasteiger partial charge in [-0.3, -0.25) is 43.3 Å². The van der Waals surface area contributed by atoms with Crippen LogP contribution in [0.5, 0.6) is 0 Å². The molecular weight excluding hydrogens is 1850 g/mol. The van der Waals surface area contributed by atoms with Crippen LogP contribution in [0.2, 0.25) is 0 Å². The summed E-state index contributed by atoms with van der Waals surface area (Å²) in [6.45, 7) is 55.3. The molecule has 0 radical (unpaired) electrons. The lowest BCUT2D eigenvalue weighted by atomic mass is 9.72. The minimum absolute atomic E-state index is 0.00203. The highest BCUT2D eigenvalue weighted by Gasteiger charge is 2.38. The fourth-order valence-electron chi connectivity index (χ4n) is 17.6. The average molecular weight is 2030 g/mol. The maximum atomic E-state index is 11.5. The van der Waals surface area contributed by atoms with Crippen LogP contribution in [-0.4, -0.2) is 158 Å². The normalized spacial score (nSPS) is 14.1. The lowest BCUT2D eigenvalue weighted by Crippen LogP contribution is -2.50. The van der Waals surface area contributed by atoms with Crippen LogP contribution >= 0.6 is 11.3 Å². The van der Waals surface area contributed by atoms with Gasteiger partial charge in [-0.05, 0) is 296 Å². The van der Waals surface area contributed by atoms with Gasteiger partial charge in [0.05, 0.1) is 35.5 Å². The Kier molecular flexibility index (Phi) is 54.3. The summed E-state index contributed by atoms with van der Waals surface area (Å²) in [6, 6.07) is 82.7. The monoisotopic (exact) mass is 2030 g/mol. The fourth-order valence-corrected chi connectivity index (χ4v) is 18.6. The van der Waals surface area contributed by atoms with Gasteiger partial charge in [-0.1, -0.05) is 319 Å². The van der Waals surface area contributed by atoms with E-state index in [1.54, 1.807) is 25.2 Å². The van der Waals surface area contributed by atoms with Crippen LogP contribution in [0.25, 0.3) is 20.9 Å². The Labute approximate surface area is 878 Å². The van der Waals surface area contributed by atoms with E-state index >= 15 is 0 Å². The molecule has 0 aliphatic carbocycles. The van der Waals surface area contributed by atoms with Crippen LogP contribution in [0.1, 0.15) is 283 Å². The average Bonchev–Trinajstić information content (AvgIpc) is 1.33. The van der Waals surface area contributed by atoms with E-state index in [-0.39, 0.29) is 105 Å². The van der Waals surface area contributed by atoms with Gasteiger partial charge in [0.25, 0.3) is 0 Å². The number of nitrogens with one attached hydrogen (secondary N) is 4. The van der Waals surface area contributed by atoms with Crippen molar-refractivity contribution in [2.75, 3.05) is 7.05 Å². The molecule has 0 aliphatic heterocycles. The molecule has 12 N–H and O–H groups in total. The number of fused-ring (bicyclic) bond motifs is 2. The van der Waals surface area contributed by atoms with Crippen molar-refractivity contribution in [2.24, 2.45) is 45.3 Å². The van der Waals surface area contributed by atoms with Gasteiger partial charge in [-0.25, -0.2) is 0 Å². The number of carboxylic acid groups (broad SMARTS) is 8. The van der Waals surface area contributed by atoms with Crippen LogP contribution in [0, 0.1) is 45.3 Å². The molecule has 0 spiro atoms. The molecule has 0 saturated carbocycles. The fraction of sp³-hybridized carbons (Fsp3) is 0.500. The van der Waals surface area contributed by atoms with E-state index < -0.39 is 59.2 Å². The number of rotatable bonds is 39. The number of carboxylic acids is 8. The molecule has 0 fully saturated rings. The smallest absolute Gasteiger partial charge is 0.321 e. The SMILES string of the molecule is CC(C)(C)C[C@@H](Cc1ccc2ccccc2c1)C(=O)O.CC(C)(C)C[C@@H](Cc1csc2ccccc12)C(=O)O.CC(C)(C)C[C@](C)(Cc1ccccc1)C(=O)O.CC(C)(C)N[C@H](CC(=O)O)Cc1ccccc1.CC(C)(C)N[C@H](CCC(=O)O)Cc1ccccc1.CN([C@@H](Cc1ccccc1)C(=O)O)C(C)(C)C.C[C@@H](C[C@H](Cc1ccccc1)NC(C)(C)C)C(=O)O.C[C@H](C[C@H](Cc1ccccc1)NC(C)(C)C)C(=O)O. The third kappa shape index (κ3) is 58.3. The van der Waals surface area contributed by atoms with E-state index in [2.05, 4.69) is 224 Å². The topological polar surface area (TPSA) is 350 Å². The van der Waals surface area contributed by atoms with Crippen molar-refractivity contribution >= 4 is 79.9 Å². The van der Waals surface area contributed by atoms with Gasteiger partial charge in [-0.2, -0.15) is 0 Å². The third-order valence-electron chi connectivity index (χ3n) is 23.8. The summed E-state index contributed by atoms with van der Waals surface area (Å²) in [4.78, 5) is 91.2. The summed E-state index contributed by atoms with van der Waals surface area (Å²) in [6.07, 6.45) is 10.0. The summed E-state index contributed by atoms with van der Waals surface area (Å²) >= 11 is 1.69. The van der Waals surface area contributed by atoms with Crippen molar-refractivity contribution in [2.45, 2.75) is 348 Å². The Morgan fingerprint density at radius 1 is 0.329 bits per heavy atom. The minimum Gasteiger partial charge on any atom is -0.481 e. The second-order valence-corrected chi connectivity index (χ2v) is 49.1. The van der Waals surface area contributed by atoms with E-state index in [9.17, 15) is 58.8 Å². The van der Waals surface area contributed by atoms with Crippen molar-refractivity contribution in [3.63, 3.8) is 0 Å². The zero-order chi connectivity index (χ0) is 110. The molecule has 1 heterocycles. The number of hydrogen-bond donors (Lipinski definition) is 12. The zero-order valence-corrected chi connectivity index (χ0v) is 93.8. The predicted molar refractivity (Wildman–Crippen MR) is 602 cm³/mol. The molecule has 10 atom stereocenters. The maximum Gasteiger partial charge on any atom is 0.321 e. The Balaban J connectivity index is 0.000000429. The van der Waals surface area contributed by atoms with Crippen LogP contribution in [-0.2, 0) is 89.7 Å². The lowest BCUT2D eigenvalue weighted by Gasteiger charge is -2.36. The molecule has 146 heavy (non-hydrogen) atoms. The minimum atomic E-state index is -0.772. The molecule has 0 bridgehead atoms. The molecule has 1 aromatic heterocycles. The highest BCUT2D eigenvalue weighted by molar-refractivity contribution is 7.17. The van der Waals surface area contributed by atoms with Crippen LogP contribution in [0.3, 0.4) is 0 Å². The molecule has 802 valence electrons. The quantitative estimate of drug-likeness (QED) is 0.0170. The predicted octanol–water partition coefficient (Wildman–Crippen LogP) is 26.8. The highest BCUT2D eigenvalue weighted by atomic mass is 32.1. The summed E-state index contributed by atoms with van der Waals surface area (Å²) in [5.74, 6) is -7.11. The molecular formula is C124H179N5O16S. The Bertz CT molecular complexity index is 5390. The van der Waals surface area contributed by atoms with Crippen molar-refractivity contribution in [1.29, 1.82) is 0 Å². The van der Waals surface area contributed by atoms with Crippen LogP contribution in [0.15, 0.2) is 254 Å². The molecule has 10 rings (SSSR count). The highest BCUT2D eigenvalue weighted by Crippen LogP contribution is 2.38. The van der Waals surface area contributed by atoms with E-state index in [0.29, 0.717) is 64.2 Å². The molecule has 21 nitrogen and oxygen atoms in total. The number of hydrogen-bond acceptors (Lipinski definition) is 14. The van der Waals surface area contributed by atoms with Gasteiger partial charge in [0.15, 0.2) is 0 Å². The standard InChI is InChI=1S/C18H22O2.2C16H25NO2.C16H20O2S.C15H23NO2.C15H22O2.2C14H21NO2/c1-18(2,3)12-16(17(19)20)11-13-8-9-14-6-4-5-7-15(14)10-13;2*1-12(15(18)19)10-14(17-16(2,3)4)11-13-8-6-5-7-9-13;1-16(2,3)9-11(15(17)18)8-12-10-19-14-7-5-4-6-13(12)14;1-15(2,3)16-13(9-10-14(17)18)11-12-7-5-4-6-8-12;1-14(2,3)11-15(4,13(16)17)10-12-8-6-5-7-9-12;1-14(2,3)15(4)12(13(16)17)10-11-8-6-5-7-9-11;1-14(2,3)15-12(10-13(16)17)9-11-7-5-4-6-8-11/h4-10,16H,11-12H2,1-3H3,(H,19,20);2*5-9,12,14,17H,10-11H2,1-4H3,(H,18,19);4-7,10-11H,8-9H2,1-3H3,(H,17,18);4-8,13,16H,9-11H2,1-3H3,(H,17,18);5-9H,10-11H2,1-4H3,(H,16,17);5-9,12H,10H2,1-4H3,(H,16,17);4-8,12,15H,9-10H2,1-3H3,(H,16,17)/t16-;12-,14+;12-,14-;11-;13-;15-;2*12-/m10111000/s1. The summed E-state index contributed by atoms with van der Waals surface area (Å²) in [7, 11) is 1.86. The van der Waals surface area contributed by atoms with Gasteiger partial charge < -0.3 is 62.1 Å². The van der Waals surface area contributed by atoms with Crippen molar-refractivity contribution in [1.82, 2.24) is 26.2 Å². The molecule has 0 amide bonds. The van der Waals surface area contributed by atoms with Gasteiger partial charge >= 0.3 is 47.8 Å². The zero-order valence-electron chi connectivity index (χ0n) is 93.0. The van der Waals surface area contributed by atoms with E-state index in [1.807, 2.05) is 236 Å². The molecule has 0 saturated heterocycles. The summed E-state index contributed by atoms with van der Waals surface area (Å²) in [5.41, 5.74) is 8.40. The number of nitrogens with zero attached hydrogens (tertiary/aromatic N) is 1. The molecule has 22 heteroatoms. The Hall–Kier alpha value is -11.2. The van der Waals surface area contributed by atoms with Crippen LogP contribution in [0.4, 0.5) is 0 Å². The van der Waals surface area contributed by atoms with Gasteiger partial charge in [-0.15, -0.1) is 11.3 Å². The second kappa shape index (κ2) is 61.5. The van der Waals surface area contributed by atoms with Gasteiger partial charge in [0, 0.05) is 63.0 Å². The largest absolute Gasteiger partial charge is 0.481 e. The van der Waals surface area contributed by atoms with E-state index in [1.165, 1.54) is 37.5 Å².